The van der Waals surface area contributed by atoms with E-state index >= 15 is 0 Å². The van der Waals surface area contributed by atoms with Crippen molar-refractivity contribution in [3.63, 3.8) is 0 Å². The van der Waals surface area contributed by atoms with E-state index in [1.807, 2.05) is 19.1 Å². The van der Waals surface area contributed by atoms with Gasteiger partial charge in [0.05, 0.1) is 12.7 Å². The number of ether oxygens (including phenoxy) is 1. The van der Waals surface area contributed by atoms with E-state index in [1.54, 1.807) is 12.1 Å². The lowest BCUT2D eigenvalue weighted by molar-refractivity contribution is -0.114. The van der Waals surface area contributed by atoms with Gasteiger partial charge in [0, 0.05) is 31.4 Å². The number of hydrogen-bond acceptors (Lipinski definition) is 8. The molecule has 140 valence electrons. The smallest absolute Gasteiger partial charge is 0.291 e. The molecule has 1 atom stereocenters. The zero-order valence-electron chi connectivity index (χ0n) is 14.3. The summed E-state index contributed by atoms with van der Waals surface area (Å²) in [5.74, 6) is -0.342. The van der Waals surface area contributed by atoms with Gasteiger partial charge in [-0.25, -0.2) is 0 Å². The lowest BCUT2D eigenvalue weighted by Gasteiger charge is -2.33. The van der Waals surface area contributed by atoms with Gasteiger partial charge in [-0.05, 0) is 31.2 Å². The van der Waals surface area contributed by atoms with Crippen LogP contribution in [0.5, 0.6) is 0 Å². The maximum Gasteiger partial charge on any atom is 0.291 e. The standard InChI is InChI=1S/C15H19N5O4S2/c1-10-9-20(7-8-24-10)13-5-3-12(4-6-13)19-26(22,23)15-18-17-14(25-15)16-11(2)21/h3-6,10,19H,7-9H2,1-2H3,(H,16,17,21). The molecule has 0 radical (unpaired) electrons. The molecular formula is C15H19N5O4S2. The molecule has 0 spiro atoms. The van der Waals surface area contributed by atoms with Crippen LogP contribution in [0.25, 0.3) is 0 Å². The van der Waals surface area contributed by atoms with Crippen LogP contribution < -0.4 is 14.9 Å². The summed E-state index contributed by atoms with van der Waals surface area (Å²) in [5, 5.41) is 9.80. The maximum absolute atomic E-state index is 12.4. The Morgan fingerprint density at radius 3 is 2.69 bits per heavy atom. The fourth-order valence-corrected chi connectivity index (χ4v) is 4.52. The van der Waals surface area contributed by atoms with Gasteiger partial charge in [0.15, 0.2) is 0 Å². The molecule has 1 saturated heterocycles. The summed E-state index contributed by atoms with van der Waals surface area (Å²) in [7, 11) is -3.86. The average molecular weight is 397 g/mol. The number of hydrogen-bond donors (Lipinski definition) is 2. The van der Waals surface area contributed by atoms with Crippen molar-refractivity contribution in [1.82, 2.24) is 10.2 Å². The number of anilines is 3. The Hall–Kier alpha value is -2.24. The number of sulfonamides is 1. The minimum Gasteiger partial charge on any atom is -0.375 e. The maximum atomic E-state index is 12.4. The molecule has 2 heterocycles. The molecule has 3 rings (SSSR count). The third-order valence-corrected chi connectivity index (χ3v) is 6.23. The summed E-state index contributed by atoms with van der Waals surface area (Å²) in [6.45, 7) is 5.59. The normalized spacial score (nSPS) is 17.8. The minimum atomic E-state index is -3.86. The summed E-state index contributed by atoms with van der Waals surface area (Å²) >= 11 is 0.787. The second kappa shape index (κ2) is 7.56. The van der Waals surface area contributed by atoms with E-state index < -0.39 is 10.0 Å². The molecule has 1 aliphatic rings. The monoisotopic (exact) mass is 397 g/mol. The molecule has 1 aromatic carbocycles. The molecule has 1 fully saturated rings. The molecule has 26 heavy (non-hydrogen) atoms. The van der Waals surface area contributed by atoms with Crippen molar-refractivity contribution in [1.29, 1.82) is 0 Å². The van der Waals surface area contributed by atoms with Crippen LogP contribution in [0, 0.1) is 0 Å². The number of benzene rings is 1. The Bertz CT molecular complexity index is 882. The van der Waals surface area contributed by atoms with Gasteiger partial charge in [0.25, 0.3) is 14.4 Å². The highest BCUT2D eigenvalue weighted by Crippen LogP contribution is 2.24. The third-order valence-electron chi connectivity index (χ3n) is 3.65. The van der Waals surface area contributed by atoms with E-state index in [-0.39, 0.29) is 21.5 Å². The number of carbonyl (C=O) groups is 1. The Labute approximate surface area is 155 Å². The van der Waals surface area contributed by atoms with E-state index in [1.165, 1.54) is 6.92 Å². The number of morpholine rings is 1. The molecule has 1 aromatic heterocycles. The summed E-state index contributed by atoms with van der Waals surface area (Å²) in [4.78, 5) is 13.2. The van der Waals surface area contributed by atoms with Gasteiger partial charge in [-0.3, -0.25) is 9.52 Å². The fourth-order valence-electron chi connectivity index (χ4n) is 2.51. The van der Waals surface area contributed by atoms with Gasteiger partial charge in [-0.2, -0.15) is 8.42 Å². The summed E-state index contributed by atoms with van der Waals surface area (Å²) in [6, 6.07) is 7.11. The first kappa shape index (κ1) is 18.5. The van der Waals surface area contributed by atoms with E-state index in [0.717, 1.165) is 30.1 Å². The number of aromatic nitrogens is 2. The molecular weight excluding hydrogens is 378 g/mol. The first-order valence-corrected chi connectivity index (χ1v) is 10.2. The summed E-state index contributed by atoms with van der Waals surface area (Å²) in [5.41, 5.74) is 1.43. The zero-order valence-corrected chi connectivity index (χ0v) is 15.9. The Morgan fingerprint density at radius 1 is 1.31 bits per heavy atom. The molecule has 1 unspecified atom stereocenters. The van der Waals surface area contributed by atoms with Crippen LogP contribution in [0.4, 0.5) is 16.5 Å². The van der Waals surface area contributed by atoms with Gasteiger partial charge in [-0.15, -0.1) is 10.2 Å². The van der Waals surface area contributed by atoms with Crippen molar-refractivity contribution in [2.75, 3.05) is 34.6 Å². The number of nitrogens with zero attached hydrogens (tertiary/aromatic N) is 3. The second-order valence-corrected chi connectivity index (χ2v) is 8.67. The fraction of sp³-hybridized carbons (Fsp3) is 0.400. The van der Waals surface area contributed by atoms with Gasteiger partial charge < -0.3 is 15.0 Å². The van der Waals surface area contributed by atoms with E-state index in [9.17, 15) is 13.2 Å². The van der Waals surface area contributed by atoms with Crippen molar-refractivity contribution in [3.8, 4) is 0 Å². The van der Waals surface area contributed by atoms with E-state index in [0.29, 0.717) is 12.3 Å². The first-order valence-electron chi connectivity index (χ1n) is 7.94. The number of carbonyl (C=O) groups excluding carboxylic acids is 1. The number of amides is 1. The summed E-state index contributed by atoms with van der Waals surface area (Å²) < 4.78 is 32.5. The van der Waals surface area contributed by atoms with Gasteiger partial charge >= 0.3 is 0 Å². The van der Waals surface area contributed by atoms with Crippen LogP contribution in [-0.4, -0.2) is 50.3 Å². The average Bonchev–Trinajstić information content (AvgIpc) is 3.04. The van der Waals surface area contributed by atoms with E-state index in [4.69, 9.17) is 4.74 Å². The summed E-state index contributed by atoms with van der Waals surface area (Å²) in [6.07, 6.45) is 0.164. The van der Waals surface area contributed by atoms with Gasteiger partial charge in [0.2, 0.25) is 11.0 Å². The molecule has 0 aliphatic carbocycles. The molecule has 9 nitrogen and oxygen atoms in total. The van der Waals surface area contributed by atoms with Crippen LogP contribution in [0.15, 0.2) is 28.6 Å². The molecule has 0 bridgehead atoms. The Morgan fingerprint density at radius 2 is 2.04 bits per heavy atom. The van der Waals surface area contributed by atoms with Gasteiger partial charge in [0.1, 0.15) is 0 Å². The first-order chi connectivity index (χ1) is 12.3. The van der Waals surface area contributed by atoms with Crippen LogP contribution in [-0.2, 0) is 19.6 Å². The third kappa shape index (κ3) is 4.48. The SMILES string of the molecule is CC(=O)Nc1nnc(S(=O)(=O)Nc2ccc(N3CCOC(C)C3)cc2)s1. The highest BCUT2D eigenvalue weighted by Gasteiger charge is 2.21. The van der Waals surface area contributed by atoms with Crippen molar-refractivity contribution in [2.24, 2.45) is 0 Å². The minimum absolute atomic E-state index is 0.134. The quantitative estimate of drug-likeness (QED) is 0.735. The largest absolute Gasteiger partial charge is 0.375 e. The molecule has 0 saturated carbocycles. The molecule has 2 N–H and O–H groups in total. The number of rotatable bonds is 5. The zero-order chi connectivity index (χ0) is 18.7. The van der Waals surface area contributed by atoms with E-state index in [2.05, 4.69) is 25.1 Å². The predicted octanol–water partition coefficient (Wildman–Crippen LogP) is 1.52. The topological polar surface area (TPSA) is 114 Å². The lowest BCUT2D eigenvalue weighted by Crippen LogP contribution is -2.41. The second-order valence-electron chi connectivity index (χ2n) is 5.83. The molecule has 1 aliphatic heterocycles. The van der Waals surface area contributed by atoms with Crippen molar-refractivity contribution < 1.29 is 17.9 Å². The van der Waals surface area contributed by atoms with Crippen molar-refractivity contribution in [2.45, 2.75) is 24.3 Å². The van der Waals surface area contributed by atoms with Crippen molar-refractivity contribution in [3.05, 3.63) is 24.3 Å². The Balaban J connectivity index is 1.69. The van der Waals surface area contributed by atoms with Gasteiger partial charge in [-0.1, -0.05) is 11.3 Å². The van der Waals surface area contributed by atoms with Crippen LogP contribution >= 0.6 is 11.3 Å². The molecule has 2 aromatic rings. The lowest BCUT2D eigenvalue weighted by atomic mass is 10.2. The van der Waals surface area contributed by atoms with Crippen LogP contribution in [0.1, 0.15) is 13.8 Å². The van der Waals surface area contributed by atoms with Crippen LogP contribution in [0.2, 0.25) is 0 Å². The Kier molecular flexibility index (Phi) is 5.39. The molecule has 11 heteroatoms. The highest BCUT2D eigenvalue weighted by atomic mass is 32.2. The number of nitrogens with one attached hydrogen (secondary N) is 2. The predicted molar refractivity (Wildman–Crippen MR) is 99.1 cm³/mol. The highest BCUT2D eigenvalue weighted by molar-refractivity contribution is 7.94. The van der Waals surface area contributed by atoms with Crippen LogP contribution in [0.3, 0.4) is 0 Å². The molecule has 1 amide bonds. The van der Waals surface area contributed by atoms with Crippen molar-refractivity contribution >= 4 is 43.8 Å².